The minimum atomic E-state index is -0.293. The molecule has 0 spiro atoms. The molecule has 3 N–H and O–H groups in total. The fourth-order valence-electron chi connectivity index (χ4n) is 2.70. The third-order valence-corrected chi connectivity index (χ3v) is 3.99. The van der Waals surface area contributed by atoms with Gasteiger partial charge >= 0.3 is 6.09 Å². The number of nitrogens with one attached hydrogen (secondary N) is 1. The van der Waals surface area contributed by atoms with E-state index in [1.165, 1.54) is 5.56 Å². The summed E-state index contributed by atoms with van der Waals surface area (Å²) in [7, 11) is 0. The first kappa shape index (κ1) is 16.8. The molecule has 0 aromatic heterocycles. The molecule has 0 unspecified atom stereocenters. The fourth-order valence-corrected chi connectivity index (χ4v) is 2.70. The maximum absolute atomic E-state index is 11.7. The van der Waals surface area contributed by atoms with Gasteiger partial charge < -0.3 is 15.8 Å². The summed E-state index contributed by atoms with van der Waals surface area (Å²) < 4.78 is 5.15. The van der Waals surface area contributed by atoms with E-state index in [0.717, 1.165) is 45.3 Å². The number of ether oxygens (including phenoxy) is 1. The minimum Gasteiger partial charge on any atom is -0.450 e. The van der Waals surface area contributed by atoms with Gasteiger partial charge in [-0.15, -0.1) is 0 Å². The molecule has 1 aliphatic heterocycles. The number of benzene rings is 1. The zero-order chi connectivity index (χ0) is 15.6. The highest BCUT2D eigenvalue weighted by atomic mass is 16.5. The summed E-state index contributed by atoms with van der Waals surface area (Å²) in [4.78, 5) is 14.1. The van der Waals surface area contributed by atoms with Crippen LogP contribution in [0.1, 0.15) is 31.2 Å². The Bertz CT molecular complexity index is 431. The molecule has 1 aromatic rings. The lowest BCUT2D eigenvalue weighted by atomic mass is 10.0. The predicted octanol–water partition coefficient (Wildman–Crippen LogP) is 2.12. The summed E-state index contributed by atoms with van der Waals surface area (Å²) in [5.41, 5.74) is 6.74. The maximum Gasteiger partial charge on any atom is 0.407 e. The summed E-state index contributed by atoms with van der Waals surface area (Å²) >= 11 is 0. The monoisotopic (exact) mass is 305 g/mol. The van der Waals surface area contributed by atoms with E-state index in [4.69, 9.17) is 10.5 Å². The summed E-state index contributed by atoms with van der Waals surface area (Å²) in [5.74, 6) is 0. The lowest BCUT2D eigenvalue weighted by molar-refractivity contribution is 0.129. The van der Waals surface area contributed by atoms with Crippen molar-refractivity contribution in [1.82, 2.24) is 10.2 Å². The van der Waals surface area contributed by atoms with Gasteiger partial charge in [0.25, 0.3) is 0 Å². The minimum absolute atomic E-state index is 0.231. The number of carbonyl (C=O) groups excluding carboxylic acids is 1. The van der Waals surface area contributed by atoms with Crippen molar-refractivity contribution < 1.29 is 9.53 Å². The molecule has 1 amide bonds. The normalized spacial score (nSPS) is 16.4. The van der Waals surface area contributed by atoms with Crippen LogP contribution in [0.2, 0.25) is 0 Å². The van der Waals surface area contributed by atoms with E-state index < -0.39 is 0 Å². The molecule has 0 radical (unpaired) electrons. The first-order valence-corrected chi connectivity index (χ1v) is 8.17. The van der Waals surface area contributed by atoms with Crippen molar-refractivity contribution in [2.75, 3.05) is 26.2 Å². The number of nitrogens with zero attached hydrogens (tertiary/aromatic N) is 1. The summed E-state index contributed by atoms with van der Waals surface area (Å²) in [6.45, 7) is 4.10. The average Bonchev–Trinajstić information content (AvgIpc) is 2.54. The molecule has 5 nitrogen and oxygen atoms in total. The zero-order valence-corrected chi connectivity index (χ0v) is 13.2. The van der Waals surface area contributed by atoms with Crippen LogP contribution >= 0.6 is 0 Å². The van der Waals surface area contributed by atoms with Crippen LogP contribution in [-0.4, -0.2) is 43.3 Å². The quantitative estimate of drug-likeness (QED) is 0.757. The second-order valence-corrected chi connectivity index (χ2v) is 5.81. The molecule has 1 saturated heterocycles. The Morgan fingerprint density at radius 1 is 1.23 bits per heavy atom. The van der Waals surface area contributed by atoms with Gasteiger partial charge in [-0.2, -0.15) is 0 Å². The number of carbonyl (C=O) groups is 1. The molecule has 22 heavy (non-hydrogen) atoms. The Morgan fingerprint density at radius 2 is 1.95 bits per heavy atom. The fraction of sp³-hybridized carbons (Fsp3) is 0.588. The van der Waals surface area contributed by atoms with Gasteiger partial charge in [-0.25, -0.2) is 4.79 Å². The third-order valence-electron chi connectivity index (χ3n) is 3.99. The molecule has 2 rings (SSSR count). The maximum atomic E-state index is 11.7. The Balaban J connectivity index is 1.61. The predicted molar refractivity (Wildman–Crippen MR) is 87.5 cm³/mol. The Labute approximate surface area is 132 Å². The van der Waals surface area contributed by atoms with E-state index in [2.05, 4.69) is 34.5 Å². The highest BCUT2D eigenvalue weighted by Gasteiger charge is 2.21. The average molecular weight is 305 g/mol. The number of hydrogen-bond acceptors (Lipinski definition) is 4. The van der Waals surface area contributed by atoms with E-state index >= 15 is 0 Å². The number of likely N-dealkylation sites (tertiary alicyclic amines) is 1. The van der Waals surface area contributed by atoms with E-state index in [1.54, 1.807) is 0 Å². The molecule has 1 aliphatic rings. The van der Waals surface area contributed by atoms with Gasteiger partial charge in [-0.05, 0) is 37.8 Å². The van der Waals surface area contributed by atoms with Crippen LogP contribution in [0.3, 0.4) is 0 Å². The van der Waals surface area contributed by atoms with Crippen LogP contribution < -0.4 is 11.1 Å². The Kier molecular flexibility index (Phi) is 7.19. The highest BCUT2D eigenvalue weighted by Crippen LogP contribution is 2.14. The zero-order valence-electron chi connectivity index (χ0n) is 13.2. The van der Waals surface area contributed by atoms with Crippen LogP contribution in [-0.2, 0) is 11.3 Å². The van der Waals surface area contributed by atoms with Gasteiger partial charge in [-0.3, -0.25) is 4.90 Å². The number of rotatable bonds is 7. The largest absolute Gasteiger partial charge is 0.450 e. The second kappa shape index (κ2) is 9.43. The molecule has 0 aliphatic carbocycles. The first-order chi connectivity index (χ1) is 10.8. The van der Waals surface area contributed by atoms with Crippen LogP contribution in [0.4, 0.5) is 4.79 Å². The van der Waals surface area contributed by atoms with E-state index in [-0.39, 0.29) is 12.1 Å². The van der Waals surface area contributed by atoms with Gasteiger partial charge in [0.05, 0.1) is 6.61 Å². The van der Waals surface area contributed by atoms with Crippen molar-refractivity contribution in [2.24, 2.45) is 5.73 Å². The number of nitrogens with two attached hydrogens (primary N) is 1. The standard InChI is InChI=1S/C17H27N3O2/c18-10-4-5-13-22-17(21)19-16-8-11-20(12-9-16)14-15-6-2-1-3-7-15/h1-3,6-7,16H,4-5,8-14,18H2,(H,19,21). The first-order valence-electron chi connectivity index (χ1n) is 8.17. The molecule has 5 heteroatoms. The number of piperidine rings is 1. The molecule has 0 atom stereocenters. The topological polar surface area (TPSA) is 67.6 Å². The van der Waals surface area contributed by atoms with E-state index in [0.29, 0.717) is 13.2 Å². The smallest absolute Gasteiger partial charge is 0.407 e. The number of amides is 1. The molecule has 1 aromatic carbocycles. The SMILES string of the molecule is NCCCCOC(=O)NC1CCN(Cc2ccccc2)CC1. The van der Waals surface area contributed by atoms with Crippen molar-refractivity contribution in [2.45, 2.75) is 38.3 Å². The molecule has 0 saturated carbocycles. The third kappa shape index (κ3) is 6.03. The van der Waals surface area contributed by atoms with Crippen molar-refractivity contribution in [1.29, 1.82) is 0 Å². The molecule has 1 heterocycles. The second-order valence-electron chi connectivity index (χ2n) is 5.81. The van der Waals surface area contributed by atoms with Crippen molar-refractivity contribution >= 4 is 6.09 Å². The van der Waals surface area contributed by atoms with Gasteiger partial charge in [0.1, 0.15) is 0 Å². The van der Waals surface area contributed by atoms with Crippen molar-refractivity contribution in [3.63, 3.8) is 0 Å². The summed E-state index contributed by atoms with van der Waals surface area (Å²) in [6.07, 6.45) is 3.39. The van der Waals surface area contributed by atoms with Gasteiger partial charge in [-0.1, -0.05) is 30.3 Å². The van der Waals surface area contributed by atoms with Gasteiger partial charge in [0, 0.05) is 25.7 Å². The number of alkyl carbamates (subject to hydrolysis) is 1. The van der Waals surface area contributed by atoms with Gasteiger partial charge in [0.15, 0.2) is 0 Å². The number of hydrogen-bond donors (Lipinski definition) is 2. The van der Waals surface area contributed by atoms with E-state index in [1.807, 2.05) is 6.07 Å². The van der Waals surface area contributed by atoms with Crippen LogP contribution in [0.25, 0.3) is 0 Å². The van der Waals surface area contributed by atoms with Crippen LogP contribution in [0.5, 0.6) is 0 Å². The molecule has 0 bridgehead atoms. The lowest BCUT2D eigenvalue weighted by Gasteiger charge is -2.32. The molecular weight excluding hydrogens is 278 g/mol. The molecule has 122 valence electrons. The molecule has 1 fully saturated rings. The van der Waals surface area contributed by atoms with Crippen molar-refractivity contribution in [3.05, 3.63) is 35.9 Å². The van der Waals surface area contributed by atoms with Crippen molar-refractivity contribution in [3.8, 4) is 0 Å². The Morgan fingerprint density at radius 3 is 2.64 bits per heavy atom. The number of unbranched alkanes of at least 4 members (excludes halogenated alkanes) is 1. The van der Waals surface area contributed by atoms with Crippen LogP contribution in [0.15, 0.2) is 30.3 Å². The summed E-state index contributed by atoms with van der Waals surface area (Å²) in [5, 5.41) is 2.96. The van der Waals surface area contributed by atoms with Gasteiger partial charge in [0.2, 0.25) is 0 Å². The molecular formula is C17H27N3O2. The Hall–Kier alpha value is -1.59. The summed E-state index contributed by atoms with van der Waals surface area (Å²) in [6, 6.07) is 10.7. The van der Waals surface area contributed by atoms with E-state index in [9.17, 15) is 4.79 Å². The van der Waals surface area contributed by atoms with Crippen LogP contribution in [0, 0.1) is 0 Å². The lowest BCUT2D eigenvalue weighted by Crippen LogP contribution is -2.44. The highest BCUT2D eigenvalue weighted by molar-refractivity contribution is 5.67.